The first kappa shape index (κ1) is 45.7. The van der Waals surface area contributed by atoms with Crippen LogP contribution in [0.5, 0.6) is 0 Å². The highest BCUT2D eigenvalue weighted by Crippen LogP contribution is 2.23. The Labute approximate surface area is 247 Å². The summed E-state index contributed by atoms with van der Waals surface area (Å²) in [4.78, 5) is 32.7. The van der Waals surface area contributed by atoms with Crippen LogP contribution in [0.1, 0.15) is 48.0 Å². The first-order chi connectivity index (χ1) is 20.3. The van der Waals surface area contributed by atoms with Crippen LogP contribution in [0.15, 0.2) is 25.6 Å². The Bertz CT molecular complexity index is 1010. The van der Waals surface area contributed by atoms with Crippen LogP contribution in [0, 0.1) is 5.92 Å². The summed E-state index contributed by atoms with van der Waals surface area (Å²) in [6, 6.07) is -1.34. The zero-order valence-corrected chi connectivity index (χ0v) is 25.0. The lowest BCUT2D eigenvalue weighted by Gasteiger charge is -2.39. The average molecular weight is 616 g/mol. The van der Waals surface area contributed by atoms with Gasteiger partial charge in [-0.15, -0.1) is 0 Å². The van der Waals surface area contributed by atoms with Gasteiger partial charge >= 0.3 is 0 Å². The van der Waals surface area contributed by atoms with Crippen LogP contribution < -0.4 is 0 Å². The van der Waals surface area contributed by atoms with Gasteiger partial charge in [0, 0.05) is 44.3 Å². The molecule has 43 heavy (non-hydrogen) atoms. The monoisotopic (exact) mass is 615 g/mol. The Morgan fingerprint density at radius 2 is 1.44 bits per heavy atom. The zero-order valence-electron chi connectivity index (χ0n) is 25.0. The van der Waals surface area contributed by atoms with Crippen molar-refractivity contribution >= 4 is 11.6 Å². The lowest BCUT2D eigenvalue weighted by molar-refractivity contribution is -0.183. The topological polar surface area (TPSA) is 368 Å². The molecule has 0 aliphatic carbocycles. The molecule has 22 heteroatoms. The molecule has 1 aliphatic rings. The Hall–Kier alpha value is -4.31. The Balaban J connectivity index is -0.000000231. The van der Waals surface area contributed by atoms with Crippen LogP contribution in [0.2, 0.25) is 0 Å². The summed E-state index contributed by atoms with van der Waals surface area (Å²) in [6.07, 6.45) is -2.85. The lowest BCUT2D eigenvalue weighted by atomic mass is 9.94. The van der Waals surface area contributed by atoms with Crippen molar-refractivity contribution < 1.29 is 34.8 Å². The van der Waals surface area contributed by atoms with Crippen LogP contribution in [0.25, 0.3) is 52.2 Å². The third kappa shape index (κ3) is 29.0. The average Bonchev–Trinajstić information content (AvgIpc) is 2.99. The summed E-state index contributed by atoms with van der Waals surface area (Å²) in [6.45, 7) is 10.4. The molecule has 7 unspecified atom stereocenters. The molecule has 0 bridgehead atoms. The number of ether oxygens (including phenoxy) is 1. The van der Waals surface area contributed by atoms with Gasteiger partial charge in [-0.1, -0.05) is 45.8 Å². The molecule has 1 fully saturated rings. The molecule has 0 aromatic rings. The predicted molar refractivity (Wildman–Crippen MR) is 155 cm³/mol. The molecule has 7 atom stereocenters. The third-order valence-corrected chi connectivity index (χ3v) is 4.64. The van der Waals surface area contributed by atoms with Crippen LogP contribution in [0.4, 0.5) is 0 Å². The van der Waals surface area contributed by atoms with E-state index in [9.17, 15) is 19.8 Å². The summed E-state index contributed by atoms with van der Waals surface area (Å²) in [5, 5.41) is 52.2. The second kappa shape index (κ2) is 32.2. The standard InChI is InChI=1S/C7H13N3O4.C4H9N3O.C4H7N3O.C3H5N3O.C3H7N3/c1-3-5(9-10-8)7(13)6(12)4(2-11)14-3;1-4(3-8)2-6-7-5;1-3(4(2)8)6-7-5;1-3(7)2-5-6-4;1-2-3-5-6-4/h3-7,11-13H,2H2,1H3;4,8H,2-3H2,1H3;3H,1-2H3;2H2,1H3;2-3H2,1H3. The summed E-state index contributed by atoms with van der Waals surface area (Å²) in [5.41, 5.74) is 39.1. The van der Waals surface area contributed by atoms with Crippen molar-refractivity contribution in [1.82, 2.24) is 0 Å². The molecule has 1 aliphatic heterocycles. The van der Waals surface area contributed by atoms with Crippen LogP contribution >= 0.6 is 0 Å². The summed E-state index contributed by atoms with van der Waals surface area (Å²) in [5.74, 6) is -0.133. The molecule has 1 saturated heterocycles. The number of hydrogen-bond acceptors (Lipinski definition) is 12. The van der Waals surface area contributed by atoms with Gasteiger partial charge in [0.15, 0.2) is 0 Å². The minimum atomic E-state index is -1.23. The van der Waals surface area contributed by atoms with Crippen molar-refractivity contribution in [3.63, 3.8) is 0 Å². The van der Waals surface area contributed by atoms with Gasteiger partial charge in [0.05, 0.1) is 37.4 Å². The van der Waals surface area contributed by atoms with Gasteiger partial charge in [-0.3, -0.25) is 9.59 Å². The predicted octanol–water partition coefficient (Wildman–Crippen LogP) is 3.96. The quantitative estimate of drug-likeness (QED) is 0.150. The molecule has 4 N–H and O–H groups in total. The number of rotatable bonds is 11. The van der Waals surface area contributed by atoms with Crippen LogP contribution in [-0.2, 0) is 14.3 Å². The SMILES string of the molecule is CC(=O)C(C)N=[N+]=[N-].CC(=O)CN=[N+]=[N-].CC(CO)CN=[N+]=[N-].CC1OC(CO)C(O)C(O)C1N=[N+]=[N-].CCCN=[N+]=[N-]. The highest BCUT2D eigenvalue weighted by atomic mass is 16.5. The molecule has 0 radical (unpaired) electrons. The number of carbonyl (C=O) groups is 2. The number of hydrogen-bond donors (Lipinski definition) is 4. The van der Waals surface area contributed by atoms with E-state index in [2.05, 4.69) is 50.1 Å². The number of azide groups is 5. The smallest absolute Gasteiger partial charge is 0.138 e. The molecule has 242 valence electrons. The van der Waals surface area contributed by atoms with Gasteiger partial charge in [-0.25, -0.2) is 0 Å². The maximum absolute atomic E-state index is 10.3. The summed E-state index contributed by atoms with van der Waals surface area (Å²) >= 11 is 0. The molecule has 0 aromatic heterocycles. The van der Waals surface area contributed by atoms with Gasteiger partial charge < -0.3 is 25.2 Å². The number of carbonyl (C=O) groups excluding carboxylic acids is 2. The van der Waals surface area contributed by atoms with Gasteiger partial charge in [0.2, 0.25) is 0 Å². The lowest BCUT2D eigenvalue weighted by Crippen LogP contribution is -2.56. The van der Waals surface area contributed by atoms with Gasteiger partial charge in [0.1, 0.15) is 23.8 Å². The van der Waals surface area contributed by atoms with Crippen LogP contribution in [-0.4, -0.2) is 101 Å². The minimum Gasteiger partial charge on any atom is -0.396 e. The maximum atomic E-state index is 10.3. The molecule has 0 spiro atoms. The number of ketones is 2. The van der Waals surface area contributed by atoms with Crippen molar-refractivity contribution in [3.8, 4) is 0 Å². The number of aliphatic hydroxyl groups excluding tert-OH is 4. The van der Waals surface area contributed by atoms with E-state index in [0.717, 1.165) is 6.42 Å². The summed E-state index contributed by atoms with van der Waals surface area (Å²) in [7, 11) is 0. The normalized spacial score (nSPS) is 20.6. The fourth-order valence-electron chi connectivity index (χ4n) is 2.18. The Morgan fingerprint density at radius 3 is 1.74 bits per heavy atom. The highest BCUT2D eigenvalue weighted by molar-refractivity contribution is 5.81. The van der Waals surface area contributed by atoms with Crippen molar-refractivity contribution in [3.05, 3.63) is 52.2 Å². The number of Topliss-reactive ketones (excluding diaryl/α,β-unsaturated/α-hetero) is 2. The second-order valence-electron chi connectivity index (χ2n) is 8.48. The largest absolute Gasteiger partial charge is 0.396 e. The van der Waals surface area contributed by atoms with Crippen molar-refractivity contribution in [2.75, 3.05) is 32.8 Å². The first-order valence-corrected chi connectivity index (χ1v) is 12.6. The molecule has 1 rings (SSSR count). The van der Waals surface area contributed by atoms with E-state index in [4.69, 9.17) is 42.6 Å². The molecule has 0 saturated carbocycles. The van der Waals surface area contributed by atoms with Crippen molar-refractivity contribution in [2.45, 2.75) is 84.5 Å². The van der Waals surface area contributed by atoms with E-state index in [1.54, 1.807) is 13.8 Å². The van der Waals surface area contributed by atoms with E-state index in [-0.39, 0.29) is 37.2 Å². The fraction of sp³-hybridized carbons (Fsp3) is 0.905. The first-order valence-electron chi connectivity index (χ1n) is 12.6. The van der Waals surface area contributed by atoms with E-state index >= 15 is 0 Å². The number of aliphatic hydroxyl groups is 4. The van der Waals surface area contributed by atoms with Gasteiger partial charge in [-0.05, 0) is 61.3 Å². The molecule has 22 nitrogen and oxygen atoms in total. The molecule has 1 heterocycles. The second-order valence-corrected chi connectivity index (χ2v) is 8.48. The maximum Gasteiger partial charge on any atom is 0.138 e. The van der Waals surface area contributed by atoms with Crippen LogP contribution in [0.3, 0.4) is 0 Å². The molecule has 0 aromatic carbocycles. The van der Waals surface area contributed by atoms with Crippen molar-refractivity contribution in [2.24, 2.45) is 31.5 Å². The van der Waals surface area contributed by atoms with E-state index in [1.807, 2.05) is 13.8 Å². The summed E-state index contributed by atoms with van der Waals surface area (Å²) < 4.78 is 5.16. The zero-order chi connectivity index (χ0) is 34.2. The van der Waals surface area contributed by atoms with Gasteiger partial charge in [0.25, 0.3) is 0 Å². The van der Waals surface area contributed by atoms with E-state index in [1.165, 1.54) is 13.8 Å². The van der Waals surface area contributed by atoms with E-state index < -0.39 is 36.5 Å². The molecule has 0 amide bonds. The molecular weight excluding hydrogens is 574 g/mol. The van der Waals surface area contributed by atoms with E-state index in [0.29, 0.717) is 13.1 Å². The Morgan fingerprint density at radius 1 is 0.884 bits per heavy atom. The molecular formula is C21H41N15O7. The number of nitrogens with zero attached hydrogens (tertiary/aromatic N) is 15. The minimum absolute atomic E-state index is 0.0313. The fourth-order valence-corrected chi connectivity index (χ4v) is 2.18. The van der Waals surface area contributed by atoms with Gasteiger partial charge in [-0.2, -0.15) is 0 Å². The highest BCUT2D eigenvalue weighted by Gasteiger charge is 2.41. The third-order valence-electron chi connectivity index (χ3n) is 4.64. The van der Waals surface area contributed by atoms with Crippen molar-refractivity contribution in [1.29, 1.82) is 0 Å². The Kier molecular flexibility index (Phi) is 34.2.